The minimum Gasteiger partial charge on any atom is -0.386 e. The largest absolute Gasteiger partial charge is 0.481 e. The summed E-state index contributed by atoms with van der Waals surface area (Å²) >= 11 is 0. The molecule has 6 atom stereocenters. The summed E-state index contributed by atoms with van der Waals surface area (Å²) in [6.07, 6.45) is 5.17. The molecule has 0 amide bonds. The maximum Gasteiger partial charge on any atom is 0.481 e. The van der Waals surface area contributed by atoms with E-state index in [9.17, 15) is 37.1 Å². The molecular formula is C30H54F3N3O13P2. The van der Waals surface area contributed by atoms with Crippen LogP contribution >= 0.6 is 15.6 Å². The number of alkyl halides is 3. The Hall–Kier alpha value is -1.47. The Morgan fingerprint density at radius 1 is 0.961 bits per heavy atom. The molecule has 0 aliphatic carbocycles. The standard InChI is InChI=1S/C30H54F3N3O13P2/c1-2-3-4-5-6-7-8-9-10-11-12-13-14-15-18-44-19-23(46-22-30(31,32)33)20-45-27-24(21-47-51(42,43)49-50(39,40)41)48-28(26(27)37)36-17-16-25(34)35-29(36)38/h16-17,23-24,26-28,37H,2-15,18-22H2,1H3,(H,42,43)(H2,34,35,38)(H2,39,40,41)/t23?,24-,26-,27-,28-/m1/s1. The minimum atomic E-state index is -5.47. The van der Waals surface area contributed by atoms with E-state index in [1.54, 1.807) is 0 Å². The fourth-order valence-electron chi connectivity index (χ4n) is 5.42. The smallest absolute Gasteiger partial charge is 0.386 e. The first kappa shape index (κ1) is 45.7. The first-order valence-electron chi connectivity index (χ1n) is 17.3. The molecule has 2 rings (SSSR count). The number of hydrogen-bond acceptors (Lipinski definition) is 12. The molecule has 2 unspecified atom stereocenters. The molecule has 1 fully saturated rings. The number of nitrogens with two attached hydrogens (primary N) is 1. The number of unbranched alkanes of at least 4 members (excludes halogenated alkanes) is 13. The van der Waals surface area contributed by atoms with Gasteiger partial charge in [-0.3, -0.25) is 9.09 Å². The number of anilines is 1. The number of nitrogen functional groups attached to an aromatic ring is 1. The van der Waals surface area contributed by atoms with Crippen LogP contribution < -0.4 is 11.4 Å². The van der Waals surface area contributed by atoms with E-state index in [0.29, 0.717) is 6.42 Å². The second-order valence-electron chi connectivity index (χ2n) is 12.5. The van der Waals surface area contributed by atoms with Crippen molar-refractivity contribution in [2.75, 3.05) is 38.8 Å². The van der Waals surface area contributed by atoms with Gasteiger partial charge in [-0.2, -0.15) is 22.5 Å². The second-order valence-corrected chi connectivity index (χ2v) is 15.3. The summed E-state index contributed by atoms with van der Waals surface area (Å²) < 4.78 is 93.1. The highest BCUT2D eigenvalue weighted by atomic mass is 31.3. The van der Waals surface area contributed by atoms with E-state index < -0.39 is 78.0 Å². The van der Waals surface area contributed by atoms with Crippen LogP contribution in [0.5, 0.6) is 0 Å². The van der Waals surface area contributed by atoms with Gasteiger partial charge in [-0.15, -0.1) is 0 Å². The third-order valence-corrected chi connectivity index (χ3v) is 10.1. The molecule has 6 N–H and O–H groups in total. The van der Waals surface area contributed by atoms with Crippen molar-refractivity contribution in [1.82, 2.24) is 9.55 Å². The highest BCUT2D eigenvalue weighted by molar-refractivity contribution is 7.60. The number of halogens is 3. The summed E-state index contributed by atoms with van der Waals surface area (Å²) in [6.45, 7) is -1.02. The average molecular weight is 784 g/mol. The second kappa shape index (κ2) is 23.3. The monoisotopic (exact) mass is 783 g/mol. The number of aromatic nitrogens is 2. The number of phosphoric acid groups is 2. The van der Waals surface area contributed by atoms with Crippen molar-refractivity contribution in [3.63, 3.8) is 0 Å². The molecule has 298 valence electrons. The molecule has 2 heterocycles. The van der Waals surface area contributed by atoms with Gasteiger partial charge in [0.1, 0.15) is 36.8 Å². The van der Waals surface area contributed by atoms with Gasteiger partial charge in [0, 0.05) is 12.8 Å². The SMILES string of the molecule is CCCCCCCCCCCCCCCCOCC(CO[C@H]1[C@@H](O)[C@H](n2ccc(N)nc2=O)O[C@@H]1COP(=O)(O)OP(=O)(O)O)OCC(F)(F)F. The van der Waals surface area contributed by atoms with Gasteiger partial charge in [0.2, 0.25) is 0 Å². The van der Waals surface area contributed by atoms with Crippen LogP contribution in [0.4, 0.5) is 19.0 Å². The van der Waals surface area contributed by atoms with Gasteiger partial charge in [-0.25, -0.2) is 13.9 Å². The van der Waals surface area contributed by atoms with Crippen molar-refractivity contribution < 1.29 is 69.9 Å². The lowest BCUT2D eigenvalue weighted by Gasteiger charge is -2.25. The lowest BCUT2D eigenvalue weighted by atomic mass is 10.0. The molecule has 0 spiro atoms. The van der Waals surface area contributed by atoms with Crippen molar-refractivity contribution in [2.24, 2.45) is 0 Å². The summed E-state index contributed by atoms with van der Waals surface area (Å²) in [5.41, 5.74) is 4.55. The maximum atomic E-state index is 13.0. The zero-order chi connectivity index (χ0) is 37.9. The number of nitrogens with zero attached hydrogens (tertiary/aromatic N) is 2. The summed E-state index contributed by atoms with van der Waals surface area (Å²) in [5, 5.41) is 11.0. The molecule has 0 bridgehead atoms. The molecule has 1 aliphatic heterocycles. The third kappa shape index (κ3) is 20.0. The van der Waals surface area contributed by atoms with Crippen molar-refractivity contribution in [3.8, 4) is 0 Å². The number of phosphoric ester groups is 1. The van der Waals surface area contributed by atoms with E-state index in [-0.39, 0.29) is 19.0 Å². The number of hydrogen-bond donors (Lipinski definition) is 5. The third-order valence-electron chi connectivity index (χ3n) is 7.95. The Morgan fingerprint density at radius 3 is 2.06 bits per heavy atom. The molecule has 1 aromatic heterocycles. The van der Waals surface area contributed by atoms with Crippen LogP contribution in [0.2, 0.25) is 0 Å². The molecule has 1 saturated heterocycles. The van der Waals surface area contributed by atoms with Crippen LogP contribution in [0.15, 0.2) is 17.1 Å². The number of ether oxygens (including phenoxy) is 4. The molecule has 1 aromatic rings. The first-order chi connectivity index (χ1) is 24.0. The maximum absolute atomic E-state index is 13.0. The number of aliphatic hydroxyl groups is 1. The zero-order valence-corrected chi connectivity index (χ0v) is 30.7. The summed E-state index contributed by atoms with van der Waals surface area (Å²) in [7, 11) is -10.9. The minimum absolute atomic E-state index is 0.147. The Balaban J connectivity index is 1.89. The molecule has 51 heavy (non-hydrogen) atoms. The molecule has 1 aliphatic rings. The van der Waals surface area contributed by atoms with E-state index in [0.717, 1.165) is 36.4 Å². The van der Waals surface area contributed by atoms with E-state index in [4.69, 9.17) is 34.5 Å². The summed E-state index contributed by atoms with van der Waals surface area (Å²) in [5.74, 6) is -0.147. The van der Waals surface area contributed by atoms with Crippen molar-refractivity contribution in [2.45, 2.75) is 134 Å². The molecule has 0 radical (unpaired) electrons. The molecule has 0 aromatic carbocycles. The number of rotatable bonds is 28. The van der Waals surface area contributed by atoms with Crippen LogP contribution in [0.25, 0.3) is 0 Å². The van der Waals surface area contributed by atoms with E-state index >= 15 is 0 Å². The number of aliphatic hydroxyl groups excluding tert-OH is 1. The first-order valence-corrected chi connectivity index (χ1v) is 20.3. The quantitative estimate of drug-likeness (QED) is 0.0547. The van der Waals surface area contributed by atoms with Gasteiger partial charge in [-0.1, -0.05) is 90.4 Å². The normalized spacial score (nSPS) is 21.6. The van der Waals surface area contributed by atoms with Crippen LogP contribution in [0, 0.1) is 0 Å². The van der Waals surface area contributed by atoms with Crippen molar-refractivity contribution in [3.05, 3.63) is 22.7 Å². The van der Waals surface area contributed by atoms with Gasteiger partial charge in [0.25, 0.3) is 0 Å². The Bertz CT molecular complexity index is 1270. The van der Waals surface area contributed by atoms with E-state index in [2.05, 4.69) is 20.7 Å². The van der Waals surface area contributed by atoms with Crippen molar-refractivity contribution in [1.29, 1.82) is 0 Å². The molecule has 16 nitrogen and oxygen atoms in total. The van der Waals surface area contributed by atoms with Crippen LogP contribution in [0.1, 0.15) is 103 Å². The van der Waals surface area contributed by atoms with Gasteiger partial charge < -0.3 is 44.5 Å². The Morgan fingerprint density at radius 2 is 1.53 bits per heavy atom. The topological polar surface area (TPSA) is 231 Å². The molecular weight excluding hydrogens is 729 g/mol. The average Bonchev–Trinajstić information content (AvgIpc) is 3.33. The van der Waals surface area contributed by atoms with Gasteiger partial charge in [0.05, 0.1) is 19.8 Å². The van der Waals surface area contributed by atoms with E-state index in [1.807, 2.05) is 0 Å². The highest BCUT2D eigenvalue weighted by Gasteiger charge is 2.48. The summed E-state index contributed by atoms with van der Waals surface area (Å²) in [6, 6.07) is 1.21. The van der Waals surface area contributed by atoms with Crippen LogP contribution in [-0.4, -0.2) is 93.0 Å². The molecule has 0 saturated carbocycles. The Kier molecular flexibility index (Phi) is 20.9. The van der Waals surface area contributed by atoms with Crippen LogP contribution in [0.3, 0.4) is 0 Å². The summed E-state index contributed by atoms with van der Waals surface area (Å²) in [4.78, 5) is 43.4. The van der Waals surface area contributed by atoms with Gasteiger partial charge >= 0.3 is 27.5 Å². The lowest BCUT2D eigenvalue weighted by Crippen LogP contribution is -2.41. The fourth-order valence-corrected chi connectivity index (χ4v) is 7.02. The Labute approximate surface area is 296 Å². The zero-order valence-electron chi connectivity index (χ0n) is 28.9. The van der Waals surface area contributed by atoms with E-state index in [1.165, 1.54) is 63.9 Å². The lowest BCUT2D eigenvalue weighted by molar-refractivity contribution is -0.200. The van der Waals surface area contributed by atoms with Crippen molar-refractivity contribution >= 4 is 21.5 Å². The predicted octanol–water partition coefficient (Wildman–Crippen LogP) is 5.14. The van der Waals surface area contributed by atoms with Gasteiger partial charge in [0.15, 0.2) is 6.23 Å². The molecule has 21 heteroatoms. The highest BCUT2D eigenvalue weighted by Crippen LogP contribution is 2.57. The van der Waals surface area contributed by atoms with Gasteiger partial charge in [-0.05, 0) is 12.5 Å². The predicted molar refractivity (Wildman–Crippen MR) is 178 cm³/mol. The van der Waals surface area contributed by atoms with Crippen LogP contribution in [-0.2, 0) is 36.9 Å². The fraction of sp³-hybridized carbons (Fsp3) is 0.867.